The molecule has 0 aliphatic heterocycles. The van der Waals surface area contributed by atoms with E-state index < -0.39 is 8.80 Å². The van der Waals surface area contributed by atoms with Crippen LogP contribution in [0, 0.1) is 0 Å². The highest BCUT2D eigenvalue weighted by molar-refractivity contribution is 6.60. The molecule has 0 N–H and O–H groups in total. The van der Waals surface area contributed by atoms with Gasteiger partial charge in [-0.15, -0.1) is 0 Å². The molecule has 0 aromatic rings. The fourth-order valence-electron chi connectivity index (χ4n) is 4.67. The van der Waals surface area contributed by atoms with Crippen molar-refractivity contribution in [1.82, 2.24) is 0 Å². The Morgan fingerprint density at radius 1 is 0.441 bits per heavy atom. The van der Waals surface area contributed by atoms with Gasteiger partial charge in [-0.25, -0.2) is 0 Å². The van der Waals surface area contributed by atoms with Gasteiger partial charge < -0.3 is 17.8 Å². The zero-order valence-electron chi connectivity index (χ0n) is 24.4. The van der Waals surface area contributed by atoms with Crippen molar-refractivity contribution in [2.75, 3.05) is 46.5 Å². The van der Waals surface area contributed by atoms with Gasteiger partial charge in [0.05, 0.1) is 26.7 Å². The van der Waals surface area contributed by atoms with Crippen LogP contribution < -0.4 is 0 Å². The maximum Gasteiger partial charge on any atom is 0.501 e. The summed E-state index contributed by atoms with van der Waals surface area (Å²) in [5, 5.41) is 0. The number of hydrogen-bond acceptors (Lipinski definition) is 3. The zero-order chi connectivity index (χ0) is 25.4. The second kappa shape index (κ2) is 23.5. The molecule has 0 saturated carbocycles. The van der Waals surface area contributed by atoms with Gasteiger partial charge in [-0.3, -0.25) is 0 Å². The monoisotopic (exact) mass is 502 g/mol. The van der Waals surface area contributed by atoms with E-state index in [1.807, 2.05) is 0 Å². The van der Waals surface area contributed by atoms with Crippen LogP contribution >= 0.6 is 0 Å². The third-order valence-corrected chi connectivity index (χ3v) is 9.76. The topological polar surface area (TPSA) is 27.7 Å². The highest BCUT2D eigenvalue weighted by atomic mass is 28.4. The molecule has 0 spiro atoms. The van der Waals surface area contributed by atoms with Gasteiger partial charge in [-0.05, 0) is 44.9 Å². The first-order valence-corrected chi connectivity index (χ1v) is 17.2. The maximum atomic E-state index is 6.36. The molecule has 34 heavy (non-hydrogen) atoms. The highest BCUT2D eigenvalue weighted by Crippen LogP contribution is 2.22. The minimum Gasteiger partial charge on any atom is -0.373 e. The minimum atomic E-state index is -2.57. The van der Waals surface area contributed by atoms with Crippen LogP contribution in [-0.2, 0) is 13.3 Å². The van der Waals surface area contributed by atoms with E-state index in [0.29, 0.717) is 0 Å². The van der Waals surface area contributed by atoms with Crippen molar-refractivity contribution in [3.63, 3.8) is 0 Å². The van der Waals surface area contributed by atoms with E-state index in [9.17, 15) is 0 Å². The van der Waals surface area contributed by atoms with Crippen LogP contribution in [0.2, 0.25) is 6.04 Å². The lowest BCUT2D eigenvalue weighted by Crippen LogP contribution is -2.50. The van der Waals surface area contributed by atoms with Crippen LogP contribution in [0.1, 0.15) is 137 Å². The van der Waals surface area contributed by atoms with Crippen molar-refractivity contribution < 1.29 is 17.8 Å². The molecule has 0 atom stereocenters. The molecule has 0 aromatic carbocycles. The predicted molar refractivity (Wildman–Crippen MR) is 151 cm³/mol. The van der Waals surface area contributed by atoms with Crippen molar-refractivity contribution in [3.05, 3.63) is 0 Å². The lowest BCUT2D eigenvalue weighted by molar-refractivity contribution is -0.910. The van der Waals surface area contributed by atoms with E-state index in [-0.39, 0.29) is 0 Å². The first-order valence-electron chi connectivity index (χ1n) is 15.3. The first-order chi connectivity index (χ1) is 16.5. The summed E-state index contributed by atoms with van der Waals surface area (Å²) < 4.78 is 20.3. The number of unbranched alkanes of at least 4 members (excludes halogenated alkanes) is 10. The molecule has 0 unspecified atom stereocenters. The van der Waals surface area contributed by atoms with E-state index in [2.05, 4.69) is 41.7 Å². The zero-order valence-corrected chi connectivity index (χ0v) is 25.4. The van der Waals surface area contributed by atoms with Gasteiger partial charge in [-0.2, -0.15) is 0 Å². The maximum absolute atomic E-state index is 6.36. The highest BCUT2D eigenvalue weighted by Gasteiger charge is 2.41. The first kappa shape index (κ1) is 34.1. The summed E-state index contributed by atoms with van der Waals surface area (Å²) in [5.41, 5.74) is 0. The van der Waals surface area contributed by atoms with E-state index in [1.54, 1.807) is 0 Å². The standard InChI is InChI=1S/C29H64NO3Si/c1-7-12-14-16-18-20-23-30(6,24-21-19-17-15-13-8-2)25-22-29-34(31-26-9-3,32-27-10-4)33-28-11-5/h7-29H2,1-6H3/q+1. The molecule has 0 fully saturated rings. The molecule has 0 rings (SSSR count). The fourth-order valence-corrected chi connectivity index (χ4v) is 7.49. The Hall–Kier alpha value is 0.0569. The number of hydrogen-bond donors (Lipinski definition) is 0. The van der Waals surface area contributed by atoms with Gasteiger partial charge in [0.1, 0.15) is 0 Å². The van der Waals surface area contributed by atoms with Crippen LogP contribution in [0.3, 0.4) is 0 Å². The number of quaternary nitrogens is 1. The third kappa shape index (κ3) is 18.3. The lowest BCUT2D eigenvalue weighted by Gasteiger charge is -2.36. The number of rotatable bonds is 27. The Balaban J connectivity index is 4.91. The van der Waals surface area contributed by atoms with Crippen LogP contribution in [0.15, 0.2) is 0 Å². The molecule has 0 aliphatic carbocycles. The Bertz CT molecular complexity index is 384. The molecule has 0 bridgehead atoms. The Kier molecular flexibility index (Phi) is 23.5. The van der Waals surface area contributed by atoms with E-state index >= 15 is 0 Å². The Morgan fingerprint density at radius 2 is 0.794 bits per heavy atom. The molecule has 0 heterocycles. The summed E-state index contributed by atoms with van der Waals surface area (Å²) in [6.45, 7) is 17.2. The van der Waals surface area contributed by atoms with E-state index in [0.717, 1.165) is 51.5 Å². The molecular weight excluding hydrogens is 438 g/mol. The molecule has 4 nitrogen and oxygen atoms in total. The van der Waals surface area contributed by atoms with Crippen LogP contribution in [-0.4, -0.2) is 59.8 Å². The smallest absolute Gasteiger partial charge is 0.373 e. The average molecular weight is 503 g/mol. The molecule has 0 saturated heterocycles. The van der Waals surface area contributed by atoms with Crippen molar-refractivity contribution in [1.29, 1.82) is 0 Å². The van der Waals surface area contributed by atoms with Crippen LogP contribution in [0.4, 0.5) is 0 Å². The fraction of sp³-hybridized carbons (Fsp3) is 1.00. The van der Waals surface area contributed by atoms with Gasteiger partial charge in [-0.1, -0.05) is 86.0 Å². The van der Waals surface area contributed by atoms with Crippen molar-refractivity contribution in [2.24, 2.45) is 0 Å². The van der Waals surface area contributed by atoms with Gasteiger partial charge in [0.25, 0.3) is 0 Å². The lowest BCUT2D eigenvalue weighted by atomic mass is 10.1. The molecule has 5 heteroatoms. The molecular formula is C29H64NO3Si+. The number of nitrogens with zero attached hydrogens (tertiary/aromatic N) is 1. The molecule has 206 valence electrons. The summed E-state index contributed by atoms with van der Waals surface area (Å²) in [6, 6.07) is 0.966. The average Bonchev–Trinajstić information content (AvgIpc) is 2.84. The van der Waals surface area contributed by atoms with E-state index in [4.69, 9.17) is 13.3 Å². The second-order valence-electron chi connectivity index (χ2n) is 10.7. The van der Waals surface area contributed by atoms with Gasteiger partial charge >= 0.3 is 8.80 Å². The predicted octanol–water partition coefficient (Wildman–Crippen LogP) is 8.76. The summed E-state index contributed by atoms with van der Waals surface area (Å²) in [7, 11) is -0.0665. The van der Waals surface area contributed by atoms with Crippen molar-refractivity contribution >= 4 is 8.80 Å². The molecule has 0 aliphatic rings. The van der Waals surface area contributed by atoms with Gasteiger partial charge in [0.15, 0.2) is 0 Å². The third-order valence-electron chi connectivity index (χ3n) is 6.86. The van der Waals surface area contributed by atoms with E-state index in [1.165, 1.54) is 101 Å². The van der Waals surface area contributed by atoms with Gasteiger partial charge in [0, 0.05) is 32.3 Å². The van der Waals surface area contributed by atoms with Crippen LogP contribution in [0.5, 0.6) is 0 Å². The molecule has 0 radical (unpaired) electrons. The Morgan fingerprint density at radius 3 is 1.18 bits per heavy atom. The summed E-state index contributed by atoms with van der Waals surface area (Å²) >= 11 is 0. The normalized spacial score (nSPS) is 12.5. The van der Waals surface area contributed by atoms with Crippen molar-refractivity contribution in [2.45, 2.75) is 143 Å². The quantitative estimate of drug-likeness (QED) is 0.0638. The van der Waals surface area contributed by atoms with Crippen LogP contribution in [0.25, 0.3) is 0 Å². The minimum absolute atomic E-state index is 0.751. The summed E-state index contributed by atoms with van der Waals surface area (Å²) in [6.07, 6.45) is 20.8. The Labute approximate surface area is 216 Å². The van der Waals surface area contributed by atoms with Gasteiger partial charge in [0.2, 0.25) is 0 Å². The second-order valence-corrected chi connectivity index (χ2v) is 13.4. The largest absolute Gasteiger partial charge is 0.501 e. The van der Waals surface area contributed by atoms with Crippen molar-refractivity contribution in [3.8, 4) is 0 Å². The molecule has 0 aromatic heterocycles. The summed E-state index contributed by atoms with van der Waals surface area (Å²) in [5.74, 6) is 0. The SMILES string of the molecule is CCCCCCCC[N+](C)(CCCCCCCC)CCC[Si](OCCC)(OCCC)OCCC. The molecule has 0 amide bonds. The summed E-state index contributed by atoms with van der Waals surface area (Å²) in [4.78, 5) is 0.